The number of pyridine rings is 1. The van der Waals surface area contributed by atoms with Gasteiger partial charge >= 0.3 is 5.97 Å². The van der Waals surface area contributed by atoms with Gasteiger partial charge in [0.15, 0.2) is 0 Å². The second kappa shape index (κ2) is 13.5. The first kappa shape index (κ1) is 29.1. The molecule has 1 atom stereocenters. The van der Waals surface area contributed by atoms with Crippen LogP contribution in [0.2, 0.25) is 0 Å². The Morgan fingerprint density at radius 3 is 2.45 bits per heavy atom. The number of nitrogens with zero attached hydrogens (tertiary/aromatic N) is 2. The number of anilines is 1. The van der Waals surface area contributed by atoms with Gasteiger partial charge in [-0.2, -0.15) is 0 Å². The molecule has 0 spiro atoms. The molecule has 11 nitrogen and oxygen atoms in total. The van der Waals surface area contributed by atoms with E-state index in [0.717, 1.165) is 10.8 Å². The van der Waals surface area contributed by atoms with Gasteiger partial charge in [0.05, 0.1) is 24.6 Å². The van der Waals surface area contributed by atoms with Crippen molar-refractivity contribution < 1.29 is 27.5 Å². The topological polar surface area (TPSA) is 147 Å². The van der Waals surface area contributed by atoms with Crippen LogP contribution in [0.3, 0.4) is 0 Å². The minimum absolute atomic E-state index is 0.0115. The van der Waals surface area contributed by atoms with Crippen LogP contribution in [0.15, 0.2) is 71.9 Å². The van der Waals surface area contributed by atoms with Gasteiger partial charge in [0.25, 0.3) is 0 Å². The number of ether oxygens (including phenoxy) is 1. The fraction of sp³-hybridized carbons (Fsp3) is 0.357. The number of rotatable bonds is 11. The smallest absolute Gasteiger partial charge is 0.330 e. The molecule has 40 heavy (non-hydrogen) atoms. The molecule has 3 N–H and O–H groups in total. The van der Waals surface area contributed by atoms with E-state index in [1.165, 1.54) is 29.4 Å². The lowest BCUT2D eigenvalue weighted by Crippen LogP contribution is -2.54. The van der Waals surface area contributed by atoms with Crippen molar-refractivity contribution in [2.75, 3.05) is 37.7 Å². The minimum atomic E-state index is -4.01. The molecule has 2 heterocycles. The van der Waals surface area contributed by atoms with Crippen LogP contribution in [0.1, 0.15) is 19.8 Å². The Hall–Kier alpha value is -3.87. The number of hydrogen-bond acceptors (Lipinski definition) is 8. The number of piperidine rings is 1. The molecule has 3 aromatic rings. The molecule has 2 aromatic carbocycles. The van der Waals surface area contributed by atoms with E-state index in [1.54, 1.807) is 37.3 Å². The molecule has 1 aliphatic rings. The van der Waals surface area contributed by atoms with E-state index >= 15 is 0 Å². The predicted octanol–water partition coefficient (Wildman–Crippen LogP) is 1.59. The zero-order valence-electron chi connectivity index (χ0n) is 22.2. The molecule has 1 aliphatic heterocycles. The van der Waals surface area contributed by atoms with Gasteiger partial charge in [0.1, 0.15) is 6.04 Å². The highest BCUT2D eigenvalue weighted by atomic mass is 32.2. The summed E-state index contributed by atoms with van der Waals surface area (Å²) in [5, 5.41) is 7.41. The normalized spacial score (nSPS) is 14.8. The molecule has 1 saturated heterocycles. The Balaban J connectivity index is 1.48. The average Bonchev–Trinajstić information content (AvgIpc) is 2.98. The first-order valence-electron chi connectivity index (χ1n) is 13.1. The van der Waals surface area contributed by atoms with Crippen molar-refractivity contribution in [1.29, 1.82) is 0 Å². The van der Waals surface area contributed by atoms with E-state index in [2.05, 4.69) is 20.3 Å². The molecule has 12 heteroatoms. The largest absolute Gasteiger partial charge is 0.464 e. The van der Waals surface area contributed by atoms with E-state index in [1.807, 2.05) is 12.1 Å². The number of esters is 1. The van der Waals surface area contributed by atoms with Crippen LogP contribution in [0, 0.1) is 5.92 Å². The zero-order chi connectivity index (χ0) is 28.5. The van der Waals surface area contributed by atoms with Crippen molar-refractivity contribution in [2.45, 2.75) is 30.7 Å². The van der Waals surface area contributed by atoms with Crippen LogP contribution < -0.4 is 20.3 Å². The SMILES string of the molecule is CCOC(=O)C(CN(C(=O)C1CCNCC1)c1ccncc1)NC(=O)CNS(=O)(=O)c1ccc2ccccc2c1. The standard InChI is InChI=1S/C28H33N5O6S/c1-2-39-28(36)25(19-33(23-11-15-30-16-12-23)27(35)21-9-13-29-14-10-21)32-26(34)18-31-40(37,38)24-8-7-20-5-3-4-6-22(20)17-24/h3-8,11-12,15-17,21,25,29,31H,2,9-10,13-14,18-19H2,1H3,(H,32,34). The molecular weight excluding hydrogens is 534 g/mol. The number of nitrogens with one attached hydrogen (secondary N) is 3. The van der Waals surface area contributed by atoms with Gasteiger partial charge in [-0.15, -0.1) is 0 Å². The summed E-state index contributed by atoms with van der Waals surface area (Å²) in [6.45, 7) is 2.32. The molecule has 0 saturated carbocycles. The Morgan fingerprint density at radius 1 is 1.05 bits per heavy atom. The Morgan fingerprint density at radius 2 is 1.75 bits per heavy atom. The summed E-state index contributed by atoms with van der Waals surface area (Å²) < 4.78 is 33.2. The third-order valence-electron chi connectivity index (χ3n) is 6.65. The fourth-order valence-electron chi connectivity index (χ4n) is 4.56. The third-order valence-corrected chi connectivity index (χ3v) is 8.05. The van der Waals surface area contributed by atoms with Crippen molar-refractivity contribution in [2.24, 2.45) is 5.92 Å². The number of carbonyl (C=O) groups excluding carboxylic acids is 3. The summed E-state index contributed by atoms with van der Waals surface area (Å²) >= 11 is 0. The predicted molar refractivity (Wildman–Crippen MR) is 150 cm³/mol. The molecule has 0 radical (unpaired) electrons. The molecule has 0 bridgehead atoms. The first-order valence-corrected chi connectivity index (χ1v) is 14.6. The third kappa shape index (κ3) is 7.40. The van der Waals surface area contributed by atoms with Gasteiger partial charge in [-0.25, -0.2) is 17.9 Å². The summed E-state index contributed by atoms with van der Waals surface area (Å²) in [5.41, 5.74) is 0.527. The Kier molecular flexibility index (Phi) is 9.80. The number of hydrogen-bond donors (Lipinski definition) is 3. The maximum Gasteiger partial charge on any atom is 0.330 e. The summed E-state index contributed by atoms with van der Waals surface area (Å²) in [6.07, 6.45) is 4.37. The summed E-state index contributed by atoms with van der Waals surface area (Å²) in [5.74, 6) is -1.90. The van der Waals surface area contributed by atoms with Crippen molar-refractivity contribution in [3.05, 3.63) is 67.0 Å². The van der Waals surface area contributed by atoms with Crippen LogP contribution in [0.4, 0.5) is 5.69 Å². The number of benzene rings is 2. The molecule has 1 unspecified atom stereocenters. The second-order valence-corrected chi connectivity index (χ2v) is 11.2. The quantitative estimate of drug-likeness (QED) is 0.296. The number of carbonyl (C=O) groups is 3. The number of amides is 2. The van der Waals surface area contributed by atoms with Gasteiger partial charge in [0, 0.05) is 24.0 Å². The van der Waals surface area contributed by atoms with Crippen LogP contribution in [0.5, 0.6) is 0 Å². The van der Waals surface area contributed by atoms with Gasteiger partial charge in [-0.05, 0) is 67.9 Å². The maximum atomic E-state index is 13.5. The van der Waals surface area contributed by atoms with Crippen LogP contribution in [-0.2, 0) is 29.1 Å². The summed E-state index contributed by atoms with van der Waals surface area (Å²) in [7, 11) is -4.01. The van der Waals surface area contributed by atoms with Crippen molar-refractivity contribution >= 4 is 44.3 Å². The zero-order valence-corrected chi connectivity index (χ0v) is 23.0. The van der Waals surface area contributed by atoms with Gasteiger partial charge < -0.3 is 20.3 Å². The van der Waals surface area contributed by atoms with Gasteiger partial charge in [-0.1, -0.05) is 30.3 Å². The molecule has 4 rings (SSSR count). The monoisotopic (exact) mass is 567 g/mol. The lowest BCUT2D eigenvalue weighted by atomic mass is 9.96. The highest BCUT2D eigenvalue weighted by molar-refractivity contribution is 7.89. The first-order chi connectivity index (χ1) is 19.3. The van der Waals surface area contributed by atoms with Crippen LogP contribution >= 0.6 is 0 Å². The molecule has 212 valence electrons. The van der Waals surface area contributed by atoms with E-state index in [9.17, 15) is 22.8 Å². The lowest BCUT2D eigenvalue weighted by Gasteiger charge is -2.32. The second-order valence-electron chi connectivity index (χ2n) is 9.38. The molecule has 1 aromatic heterocycles. The Labute approximate surface area is 233 Å². The number of fused-ring (bicyclic) bond motifs is 1. The molecular formula is C28H33N5O6S. The van der Waals surface area contributed by atoms with E-state index in [-0.39, 0.29) is 29.9 Å². The molecule has 2 amide bonds. The van der Waals surface area contributed by atoms with Crippen molar-refractivity contribution in [3.8, 4) is 0 Å². The molecule has 1 fully saturated rings. The number of sulfonamides is 1. The van der Waals surface area contributed by atoms with Gasteiger partial charge in [-0.3, -0.25) is 14.6 Å². The Bertz CT molecular complexity index is 1440. The van der Waals surface area contributed by atoms with Crippen LogP contribution in [0.25, 0.3) is 10.8 Å². The highest BCUT2D eigenvalue weighted by Crippen LogP contribution is 2.22. The fourth-order valence-corrected chi connectivity index (χ4v) is 5.58. The van der Waals surface area contributed by atoms with Crippen LogP contribution in [-0.4, -0.2) is 70.0 Å². The minimum Gasteiger partial charge on any atom is -0.464 e. The van der Waals surface area contributed by atoms with E-state index in [4.69, 9.17) is 4.74 Å². The highest BCUT2D eigenvalue weighted by Gasteiger charge is 2.32. The lowest BCUT2D eigenvalue weighted by molar-refractivity contribution is -0.147. The van der Waals surface area contributed by atoms with Crippen molar-refractivity contribution in [1.82, 2.24) is 20.3 Å². The van der Waals surface area contributed by atoms with E-state index in [0.29, 0.717) is 31.6 Å². The summed E-state index contributed by atoms with van der Waals surface area (Å²) in [6, 6.07) is 14.1. The van der Waals surface area contributed by atoms with Gasteiger partial charge in [0.2, 0.25) is 21.8 Å². The average molecular weight is 568 g/mol. The molecule has 0 aliphatic carbocycles. The van der Waals surface area contributed by atoms with E-state index < -0.39 is 34.5 Å². The maximum absolute atomic E-state index is 13.5. The van der Waals surface area contributed by atoms with Crippen molar-refractivity contribution in [3.63, 3.8) is 0 Å². The number of aromatic nitrogens is 1. The summed E-state index contributed by atoms with van der Waals surface area (Å²) in [4.78, 5) is 44.7.